The van der Waals surface area contributed by atoms with Crippen LogP contribution in [0.2, 0.25) is 0 Å². The number of para-hydroxylation sites is 1. The number of fused-ring (bicyclic) bond motifs is 1. The number of piperazine rings is 1. The summed E-state index contributed by atoms with van der Waals surface area (Å²) >= 11 is 0. The molecule has 3 heterocycles. The van der Waals surface area contributed by atoms with E-state index < -0.39 is 12.1 Å². The fourth-order valence-electron chi connectivity index (χ4n) is 4.59. The van der Waals surface area contributed by atoms with Crippen LogP contribution in [0.1, 0.15) is 48.9 Å². The van der Waals surface area contributed by atoms with E-state index in [-0.39, 0.29) is 30.1 Å². The van der Waals surface area contributed by atoms with Crippen LogP contribution >= 0.6 is 0 Å². The molecule has 2 fully saturated rings. The molecule has 4 rings (SSSR count). The number of Topliss-reactive ketones (excluding diaryl/α,β-unsaturated/α-hetero) is 1. The molecule has 0 aliphatic carbocycles. The zero-order valence-corrected chi connectivity index (χ0v) is 20.5. The molecule has 0 saturated carbocycles. The Morgan fingerprint density at radius 3 is 2.27 bits per heavy atom. The van der Waals surface area contributed by atoms with Gasteiger partial charge in [0.2, 0.25) is 5.91 Å². The van der Waals surface area contributed by atoms with Crippen molar-refractivity contribution in [3.05, 3.63) is 29.8 Å². The van der Waals surface area contributed by atoms with Crippen LogP contribution in [0.3, 0.4) is 0 Å². The van der Waals surface area contributed by atoms with Gasteiger partial charge in [-0.2, -0.15) is 13.2 Å². The van der Waals surface area contributed by atoms with Gasteiger partial charge in [-0.1, -0.05) is 12.1 Å². The number of rotatable bonds is 6. The first-order chi connectivity index (χ1) is 17.6. The summed E-state index contributed by atoms with van der Waals surface area (Å²) in [6.07, 6.45) is -1.02. The Kier molecular flexibility index (Phi) is 10.0. The molecular formula is C25H32F3N3O6. The number of halogens is 3. The average molecular weight is 528 g/mol. The van der Waals surface area contributed by atoms with Crippen LogP contribution < -0.4 is 4.90 Å². The molecule has 3 aliphatic rings. The second kappa shape index (κ2) is 13.0. The molecule has 1 aromatic carbocycles. The Balaban J connectivity index is 0.000000479. The number of ketones is 1. The third-order valence-corrected chi connectivity index (χ3v) is 6.60. The van der Waals surface area contributed by atoms with Gasteiger partial charge in [-0.05, 0) is 44.4 Å². The summed E-state index contributed by atoms with van der Waals surface area (Å²) in [5, 5.41) is 7.12. The Morgan fingerprint density at radius 1 is 1.00 bits per heavy atom. The fourth-order valence-corrected chi connectivity index (χ4v) is 4.59. The molecule has 0 spiro atoms. The smallest absolute Gasteiger partial charge is 0.475 e. The number of alkyl halides is 3. The van der Waals surface area contributed by atoms with Crippen LogP contribution in [0.4, 0.5) is 18.9 Å². The monoisotopic (exact) mass is 527 g/mol. The van der Waals surface area contributed by atoms with Crippen molar-refractivity contribution in [1.29, 1.82) is 0 Å². The Hall–Kier alpha value is -2.99. The molecule has 1 aromatic rings. The van der Waals surface area contributed by atoms with Gasteiger partial charge in [0, 0.05) is 57.7 Å². The Morgan fingerprint density at radius 2 is 1.65 bits per heavy atom. The summed E-state index contributed by atoms with van der Waals surface area (Å²) in [6, 6.07) is 7.43. The number of aliphatic carboxylic acids is 1. The minimum Gasteiger partial charge on any atom is -0.475 e. The van der Waals surface area contributed by atoms with Crippen LogP contribution in [0.15, 0.2) is 24.3 Å². The van der Waals surface area contributed by atoms with Crippen LogP contribution in [-0.4, -0.2) is 96.6 Å². The van der Waals surface area contributed by atoms with Gasteiger partial charge in [0.05, 0.1) is 5.69 Å². The van der Waals surface area contributed by atoms with Crippen molar-refractivity contribution in [1.82, 2.24) is 9.80 Å². The fraction of sp³-hybridized carbons (Fsp3) is 0.600. The standard InChI is InChI=1S/C23H31N3O4.C2HF3O2/c27-20-9-10-22(28)26(19-7-2-1-6-18(19)20)12-4-3-11-24-13-15-25(16-14-24)23(29)21-8-5-17-30-21;3-2(4,5)1(6)7/h1-2,6-7,21H,3-5,8-17H2;(H,6,7). The molecule has 3 aliphatic heterocycles. The Bertz CT molecular complexity index is 973. The van der Waals surface area contributed by atoms with Gasteiger partial charge in [0.25, 0.3) is 5.91 Å². The number of anilines is 1. The second-order valence-corrected chi connectivity index (χ2v) is 9.16. The molecule has 0 bridgehead atoms. The van der Waals surface area contributed by atoms with E-state index in [9.17, 15) is 27.6 Å². The minimum absolute atomic E-state index is 0.0366. The number of carboxylic acids is 1. The van der Waals surface area contributed by atoms with E-state index in [0.717, 1.165) is 64.1 Å². The number of hydrogen-bond acceptors (Lipinski definition) is 6. The maximum Gasteiger partial charge on any atom is 0.490 e. The van der Waals surface area contributed by atoms with Crippen LogP contribution in [-0.2, 0) is 19.1 Å². The van der Waals surface area contributed by atoms with Crippen molar-refractivity contribution in [2.45, 2.75) is 50.8 Å². The lowest BCUT2D eigenvalue weighted by atomic mass is 10.1. The number of carbonyl (C=O) groups is 4. The zero-order chi connectivity index (χ0) is 27.0. The summed E-state index contributed by atoms with van der Waals surface area (Å²) in [5.74, 6) is -2.51. The number of unbranched alkanes of at least 4 members (excludes halogenated alkanes) is 1. The summed E-state index contributed by atoms with van der Waals surface area (Å²) in [5.41, 5.74) is 1.42. The van der Waals surface area contributed by atoms with Crippen molar-refractivity contribution in [3.8, 4) is 0 Å². The van der Waals surface area contributed by atoms with Crippen LogP contribution in [0, 0.1) is 0 Å². The highest BCUT2D eigenvalue weighted by atomic mass is 19.4. The molecule has 0 aromatic heterocycles. The second-order valence-electron chi connectivity index (χ2n) is 9.16. The van der Waals surface area contributed by atoms with Crippen LogP contribution in [0.5, 0.6) is 0 Å². The predicted octanol–water partition coefficient (Wildman–Crippen LogP) is 2.73. The SMILES string of the molecule is O=C(O)C(F)(F)F.O=C1CCC(=O)N(CCCCN2CCN(C(=O)C3CCCO3)CC2)c2ccccc21. The Labute approximate surface area is 213 Å². The van der Waals surface area contributed by atoms with Gasteiger partial charge in [0.1, 0.15) is 6.10 Å². The molecular weight excluding hydrogens is 495 g/mol. The van der Waals surface area contributed by atoms with Crippen molar-refractivity contribution >= 4 is 29.3 Å². The third-order valence-electron chi connectivity index (χ3n) is 6.60. The number of carbonyl (C=O) groups excluding carboxylic acids is 3. The normalized spacial score (nSPS) is 20.7. The van der Waals surface area contributed by atoms with Crippen molar-refractivity contribution < 1.29 is 42.2 Å². The number of ether oxygens (including phenoxy) is 1. The number of amides is 2. The largest absolute Gasteiger partial charge is 0.490 e. The zero-order valence-electron chi connectivity index (χ0n) is 20.5. The van der Waals surface area contributed by atoms with Gasteiger partial charge in [-0.25, -0.2) is 4.79 Å². The van der Waals surface area contributed by atoms with E-state index in [2.05, 4.69) is 4.90 Å². The van der Waals surface area contributed by atoms with Gasteiger partial charge >= 0.3 is 12.1 Å². The van der Waals surface area contributed by atoms with E-state index in [1.807, 2.05) is 29.2 Å². The summed E-state index contributed by atoms with van der Waals surface area (Å²) in [7, 11) is 0. The van der Waals surface area contributed by atoms with Gasteiger partial charge in [0.15, 0.2) is 5.78 Å². The van der Waals surface area contributed by atoms with E-state index in [1.165, 1.54) is 0 Å². The summed E-state index contributed by atoms with van der Waals surface area (Å²) < 4.78 is 37.3. The van der Waals surface area contributed by atoms with Crippen molar-refractivity contribution in [2.75, 3.05) is 50.8 Å². The highest BCUT2D eigenvalue weighted by Crippen LogP contribution is 2.27. The molecule has 2 saturated heterocycles. The van der Waals surface area contributed by atoms with E-state index >= 15 is 0 Å². The molecule has 37 heavy (non-hydrogen) atoms. The maximum absolute atomic E-state index is 12.5. The quantitative estimate of drug-likeness (QED) is 0.567. The van der Waals surface area contributed by atoms with Crippen molar-refractivity contribution in [2.24, 2.45) is 0 Å². The summed E-state index contributed by atoms with van der Waals surface area (Å²) in [6.45, 7) is 5.61. The van der Waals surface area contributed by atoms with E-state index in [1.54, 1.807) is 4.90 Å². The van der Waals surface area contributed by atoms with Gasteiger partial charge in [-0.3, -0.25) is 19.3 Å². The lowest BCUT2D eigenvalue weighted by Gasteiger charge is -2.35. The lowest BCUT2D eigenvalue weighted by Crippen LogP contribution is -2.51. The number of carboxylic acid groups (broad SMARTS) is 1. The number of nitrogens with zero attached hydrogens (tertiary/aromatic N) is 3. The molecule has 1 unspecified atom stereocenters. The first-order valence-electron chi connectivity index (χ1n) is 12.4. The van der Waals surface area contributed by atoms with Gasteiger partial charge < -0.3 is 19.6 Å². The molecule has 204 valence electrons. The molecule has 1 N–H and O–H groups in total. The minimum atomic E-state index is -5.08. The van der Waals surface area contributed by atoms with Crippen molar-refractivity contribution in [3.63, 3.8) is 0 Å². The molecule has 1 atom stereocenters. The van der Waals surface area contributed by atoms with Gasteiger partial charge in [-0.15, -0.1) is 0 Å². The predicted molar refractivity (Wildman–Crippen MR) is 127 cm³/mol. The molecule has 2 amide bonds. The van der Waals surface area contributed by atoms with E-state index in [0.29, 0.717) is 25.1 Å². The average Bonchev–Trinajstić information content (AvgIpc) is 3.38. The first-order valence-corrected chi connectivity index (χ1v) is 12.4. The highest BCUT2D eigenvalue weighted by Gasteiger charge is 2.38. The third kappa shape index (κ3) is 8.00. The summed E-state index contributed by atoms with van der Waals surface area (Å²) in [4.78, 5) is 52.3. The molecule has 9 nitrogen and oxygen atoms in total. The molecule has 12 heteroatoms. The topological polar surface area (TPSA) is 107 Å². The first kappa shape index (κ1) is 28.6. The van der Waals surface area contributed by atoms with Crippen LogP contribution in [0.25, 0.3) is 0 Å². The van der Waals surface area contributed by atoms with E-state index in [4.69, 9.17) is 14.6 Å². The number of benzene rings is 1. The molecule has 0 radical (unpaired) electrons. The number of hydrogen-bond donors (Lipinski definition) is 1. The lowest BCUT2D eigenvalue weighted by molar-refractivity contribution is -0.192. The highest BCUT2D eigenvalue weighted by molar-refractivity contribution is 6.10. The maximum atomic E-state index is 12.5.